The van der Waals surface area contributed by atoms with Crippen molar-refractivity contribution in [1.82, 2.24) is 0 Å². The molecule has 0 radical (unpaired) electrons. The normalized spacial score (nSPS) is 11.1. The molecule has 0 N–H and O–H groups in total. The second kappa shape index (κ2) is 15.5. The Labute approximate surface area is 339 Å². The first-order valence-corrected chi connectivity index (χ1v) is 19.7. The third-order valence-corrected chi connectivity index (χ3v) is 10.9. The van der Waals surface area contributed by atoms with Crippen molar-refractivity contribution in [1.29, 1.82) is 0 Å². The number of para-hydroxylation sites is 2. The topological polar surface area (TPSA) is 16.4 Å². The van der Waals surface area contributed by atoms with E-state index >= 15 is 0 Å². The summed E-state index contributed by atoms with van der Waals surface area (Å²) in [7, 11) is 0. The van der Waals surface area contributed by atoms with Gasteiger partial charge in [0, 0.05) is 27.9 Å². The molecule has 10 aromatic rings. The smallest absolute Gasteiger partial charge is 0.135 e. The Hall–Kier alpha value is -7.68. The van der Waals surface area contributed by atoms with Crippen molar-refractivity contribution in [3.05, 3.63) is 237 Å². The molecule has 1 heterocycles. The predicted molar refractivity (Wildman–Crippen MR) is 244 cm³/mol. The van der Waals surface area contributed by atoms with Crippen molar-refractivity contribution in [2.45, 2.75) is 0 Å². The molecule has 0 aliphatic heterocycles. The summed E-state index contributed by atoms with van der Waals surface area (Å²) in [6, 6.07) is 84.2. The van der Waals surface area contributed by atoms with Crippen molar-refractivity contribution >= 4 is 28.0 Å². The molecule has 1 aromatic heterocycles. The summed E-state index contributed by atoms with van der Waals surface area (Å²) in [5.41, 5.74) is 17.0. The Morgan fingerprint density at radius 2 is 0.690 bits per heavy atom. The van der Waals surface area contributed by atoms with Crippen LogP contribution in [-0.4, -0.2) is 0 Å². The van der Waals surface area contributed by atoms with Gasteiger partial charge in [0.15, 0.2) is 0 Å². The third kappa shape index (κ3) is 7.00. The monoisotopic (exact) mass is 741 g/mol. The van der Waals surface area contributed by atoms with Crippen LogP contribution in [0.4, 0.5) is 17.1 Å². The second-order valence-electron chi connectivity index (χ2n) is 14.6. The van der Waals surface area contributed by atoms with E-state index in [1.165, 1.54) is 33.4 Å². The molecule has 0 fully saturated rings. The maximum absolute atomic E-state index is 6.22. The average Bonchev–Trinajstić information content (AvgIpc) is 3.76. The van der Waals surface area contributed by atoms with Crippen molar-refractivity contribution in [3.8, 4) is 67.0 Å². The first-order chi connectivity index (χ1) is 28.7. The number of hydrogen-bond acceptors (Lipinski definition) is 2. The molecule has 0 spiro atoms. The maximum atomic E-state index is 6.22. The molecule has 58 heavy (non-hydrogen) atoms. The van der Waals surface area contributed by atoms with Crippen molar-refractivity contribution < 1.29 is 4.42 Å². The fraction of sp³-hybridized carbons (Fsp3) is 0. The van der Waals surface area contributed by atoms with Crippen LogP contribution in [0.2, 0.25) is 0 Å². The molecular weight excluding hydrogens is 703 g/mol. The van der Waals surface area contributed by atoms with E-state index in [-0.39, 0.29) is 0 Å². The highest BCUT2D eigenvalue weighted by molar-refractivity contribution is 5.90. The van der Waals surface area contributed by atoms with Crippen LogP contribution in [0.3, 0.4) is 0 Å². The lowest BCUT2D eigenvalue weighted by atomic mass is 9.97. The van der Waals surface area contributed by atoms with Crippen molar-refractivity contribution in [2.75, 3.05) is 4.90 Å². The van der Waals surface area contributed by atoms with Gasteiger partial charge in [0.1, 0.15) is 11.3 Å². The minimum absolute atomic E-state index is 0.870. The molecule has 2 nitrogen and oxygen atoms in total. The van der Waals surface area contributed by atoms with E-state index in [0.717, 1.165) is 61.6 Å². The molecule has 10 rings (SSSR count). The summed E-state index contributed by atoms with van der Waals surface area (Å²) in [4.78, 5) is 2.37. The SMILES string of the molecule is c1ccc(-c2ccc(-c3ccc(N(c4ccc(-c5cccc(-c6cc7ccccc7o6)c5)cc4)c4ccccc4-c4ccc(-c5ccccc5)cc4)cc3)cc2)cc1. The molecule has 0 unspecified atom stereocenters. The van der Waals surface area contributed by atoms with E-state index in [1.807, 2.05) is 18.2 Å². The number of nitrogens with zero attached hydrogens (tertiary/aromatic N) is 1. The summed E-state index contributed by atoms with van der Waals surface area (Å²) in [6.07, 6.45) is 0. The second-order valence-corrected chi connectivity index (χ2v) is 14.6. The Balaban J connectivity index is 1.01. The molecule has 0 saturated carbocycles. The van der Waals surface area contributed by atoms with Gasteiger partial charge in [-0.1, -0.05) is 188 Å². The van der Waals surface area contributed by atoms with Crippen LogP contribution in [0.1, 0.15) is 0 Å². The van der Waals surface area contributed by atoms with Gasteiger partial charge in [-0.2, -0.15) is 0 Å². The predicted octanol–water partition coefficient (Wildman–Crippen LogP) is 15.9. The van der Waals surface area contributed by atoms with E-state index in [2.05, 4.69) is 223 Å². The lowest BCUT2D eigenvalue weighted by Gasteiger charge is -2.28. The zero-order chi connectivity index (χ0) is 38.7. The van der Waals surface area contributed by atoms with Gasteiger partial charge in [0.05, 0.1) is 5.69 Å². The Morgan fingerprint density at radius 3 is 1.26 bits per heavy atom. The minimum Gasteiger partial charge on any atom is -0.456 e. The number of benzene rings is 9. The van der Waals surface area contributed by atoms with E-state index in [9.17, 15) is 0 Å². The number of fused-ring (bicyclic) bond motifs is 1. The highest BCUT2D eigenvalue weighted by Crippen LogP contribution is 2.42. The summed E-state index contributed by atoms with van der Waals surface area (Å²) in [6.45, 7) is 0. The van der Waals surface area contributed by atoms with Crippen LogP contribution < -0.4 is 4.90 Å². The zero-order valence-electron chi connectivity index (χ0n) is 31.9. The largest absolute Gasteiger partial charge is 0.456 e. The molecule has 0 amide bonds. The van der Waals surface area contributed by atoms with Crippen LogP contribution >= 0.6 is 0 Å². The van der Waals surface area contributed by atoms with Crippen LogP contribution in [0.25, 0.3) is 77.9 Å². The minimum atomic E-state index is 0.870. The number of hydrogen-bond donors (Lipinski definition) is 0. The first-order valence-electron chi connectivity index (χ1n) is 19.7. The number of anilines is 3. The van der Waals surface area contributed by atoms with Gasteiger partial charge in [-0.3, -0.25) is 0 Å². The fourth-order valence-corrected chi connectivity index (χ4v) is 7.88. The lowest BCUT2D eigenvalue weighted by molar-refractivity contribution is 0.631. The van der Waals surface area contributed by atoms with E-state index in [0.29, 0.717) is 0 Å². The summed E-state index contributed by atoms with van der Waals surface area (Å²) < 4.78 is 6.22. The first kappa shape index (κ1) is 34.8. The number of rotatable bonds is 9. The van der Waals surface area contributed by atoms with Crippen LogP contribution in [-0.2, 0) is 0 Å². The van der Waals surface area contributed by atoms with Gasteiger partial charge in [-0.05, 0) is 98.6 Å². The molecule has 0 saturated heterocycles. The van der Waals surface area contributed by atoms with Gasteiger partial charge in [-0.15, -0.1) is 0 Å². The summed E-state index contributed by atoms with van der Waals surface area (Å²) in [5.74, 6) is 0.870. The van der Waals surface area contributed by atoms with Crippen LogP contribution in [0, 0.1) is 0 Å². The molecule has 2 heteroatoms. The Kier molecular flexibility index (Phi) is 9.27. The van der Waals surface area contributed by atoms with Crippen molar-refractivity contribution in [2.24, 2.45) is 0 Å². The molecule has 274 valence electrons. The van der Waals surface area contributed by atoms with Gasteiger partial charge in [-0.25, -0.2) is 0 Å². The quantitative estimate of drug-likeness (QED) is 0.146. The molecule has 0 aliphatic rings. The summed E-state index contributed by atoms with van der Waals surface area (Å²) >= 11 is 0. The highest BCUT2D eigenvalue weighted by Gasteiger charge is 2.18. The third-order valence-electron chi connectivity index (χ3n) is 10.9. The van der Waals surface area contributed by atoms with Gasteiger partial charge in [0.25, 0.3) is 0 Å². The maximum Gasteiger partial charge on any atom is 0.135 e. The Morgan fingerprint density at radius 1 is 0.276 bits per heavy atom. The molecule has 9 aromatic carbocycles. The van der Waals surface area contributed by atoms with E-state index < -0.39 is 0 Å². The zero-order valence-corrected chi connectivity index (χ0v) is 31.9. The molecule has 0 bridgehead atoms. The van der Waals surface area contributed by atoms with Crippen molar-refractivity contribution in [3.63, 3.8) is 0 Å². The van der Waals surface area contributed by atoms with Gasteiger partial charge >= 0.3 is 0 Å². The number of furan rings is 1. The van der Waals surface area contributed by atoms with Crippen LogP contribution in [0.15, 0.2) is 241 Å². The van der Waals surface area contributed by atoms with Gasteiger partial charge < -0.3 is 9.32 Å². The molecule has 0 aliphatic carbocycles. The highest BCUT2D eigenvalue weighted by atomic mass is 16.3. The standard InChI is InChI=1S/C56H39NO/c1-3-12-40(13-4-1)42-22-24-44(25-23-42)45-30-34-51(35-31-45)57(54-20-9-8-19-53(54)47-28-26-43(27-29-47)41-14-5-2-6-15-41)52-36-32-46(33-37-52)48-17-11-18-49(38-48)56-39-50-16-7-10-21-55(50)58-56/h1-39H. The Bertz CT molecular complexity index is 2910. The van der Waals surface area contributed by atoms with E-state index in [1.54, 1.807) is 0 Å². The molecule has 0 atom stereocenters. The fourth-order valence-electron chi connectivity index (χ4n) is 7.88. The van der Waals surface area contributed by atoms with Gasteiger partial charge in [0.2, 0.25) is 0 Å². The summed E-state index contributed by atoms with van der Waals surface area (Å²) in [5, 5.41) is 1.11. The van der Waals surface area contributed by atoms with E-state index in [4.69, 9.17) is 4.42 Å². The van der Waals surface area contributed by atoms with Crippen LogP contribution in [0.5, 0.6) is 0 Å². The lowest BCUT2D eigenvalue weighted by Crippen LogP contribution is -2.11. The molecular formula is C56H39NO. The average molecular weight is 742 g/mol.